The van der Waals surface area contributed by atoms with Gasteiger partial charge in [-0.25, -0.2) is 0 Å². The quantitative estimate of drug-likeness (QED) is 0.571. The smallest absolute Gasteiger partial charge is 0.259 e. The second kappa shape index (κ2) is 4.57. The van der Waals surface area contributed by atoms with Gasteiger partial charge in [0.15, 0.2) is 0 Å². The highest BCUT2D eigenvalue weighted by Gasteiger charge is 2.25. The molecule has 0 radical (unpaired) electrons. The van der Waals surface area contributed by atoms with Crippen molar-refractivity contribution in [3.63, 3.8) is 0 Å². The minimum Gasteiger partial charge on any atom is -0.342 e. The van der Waals surface area contributed by atoms with E-state index in [0.717, 1.165) is 0 Å². The molecule has 82 valence electrons. The molecule has 0 aliphatic rings. The zero-order valence-corrected chi connectivity index (χ0v) is 10.3. The Kier molecular flexibility index (Phi) is 3.63. The topological polar surface area (TPSA) is 20.3 Å². The molecule has 0 saturated heterocycles. The van der Waals surface area contributed by atoms with Gasteiger partial charge in [0.25, 0.3) is 14.3 Å². The fourth-order valence-electron chi connectivity index (χ4n) is 1.44. The van der Waals surface area contributed by atoms with Crippen molar-refractivity contribution < 1.29 is 8.90 Å². The lowest BCUT2D eigenvalue weighted by Gasteiger charge is -2.21. The summed E-state index contributed by atoms with van der Waals surface area (Å²) in [4.78, 5) is 13.3. The summed E-state index contributed by atoms with van der Waals surface area (Å²) in [6.07, 6.45) is 0.237. The molecule has 1 aromatic carbocycles. The number of rotatable bonds is 3. The van der Waals surface area contributed by atoms with Crippen LogP contribution >= 0.6 is 0 Å². The van der Waals surface area contributed by atoms with Crippen LogP contribution in [0.1, 0.15) is 10.4 Å². The van der Waals surface area contributed by atoms with Crippen LogP contribution in [0, 0.1) is 0 Å². The van der Waals surface area contributed by atoms with E-state index in [9.17, 15) is 8.90 Å². The van der Waals surface area contributed by atoms with Crippen molar-refractivity contribution in [1.29, 1.82) is 0 Å². The van der Waals surface area contributed by atoms with Gasteiger partial charge in [0.05, 0.1) is 0 Å². The number of hydrogen-bond donors (Lipinski definition) is 0. The molecule has 0 spiro atoms. The zero-order chi connectivity index (χ0) is 11.5. The van der Waals surface area contributed by atoms with Crippen LogP contribution < -0.4 is 0 Å². The van der Waals surface area contributed by atoms with Crippen LogP contribution in [0.4, 0.5) is 4.11 Å². The van der Waals surface area contributed by atoms with E-state index in [1.807, 2.05) is 6.07 Å². The lowest BCUT2D eigenvalue weighted by atomic mass is 10.2. The zero-order valence-electron chi connectivity index (χ0n) is 9.33. The first kappa shape index (κ1) is 11.9. The second-order valence-corrected chi connectivity index (χ2v) is 8.00. The molecule has 1 rings (SSSR count). The van der Waals surface area contributed by atoms with Gasteiger partial charge >= 0.3 is 0 Å². The molecule has 0 aliphatic carbocycles. The van der Waals surface area contributed by atoms with Gasteiger partial charge in [-0.05, 0) is 25.2 Å². The van der Waals surface area contributed by atoms with E-state index in [4.69, 9.17) is 0 Å². The average Bonchev–Trinajstić information content (AvgIpc) is 2.15. The van der Waals surface area contributed by atoms with Crippen molar-refractivity contribution >= 4 is 14.3 Å². The van der Waals surface area contributed by atoms with Gasteiger partial charge in [-0.1, -0.05) is 18.2 Å². The van der Waals surface area contributed by atoms with Crippen molar-refractivity contribution in [3.8, 4) is 0 Å². The Morgan fingerprint density at radius 3 is 2.33 bits per heavy atom. The van der Waals surface area contributed by atoms with Crippen LogP contribution in [0.25, 0.3) is 0 Å². The fraction of sp³-hybridized carbons (Fsp3) is 0.364. The Morgan fingerprint density at radius 1 is 1.33 bits per heavy atom. The normalized spacial score (nSPS) is 11.2. The highest BCUT2D eigenvalue weighted by Crippen LogP contribution is 2.08. The SMILES string of the molecule is CN(C[Si](C)(C)F)C(=O)c1ccccc1. The Morgan fingerprint density at radius 2 is 1.87 bits per heavy atom. The predicted octanol–water partition coefficient (Wildman–Crippen LogP) is 2.47. The summed E-state index contributed by atoms with van der Waals surface area (Å²) in [7, 11) is -1.07. The molecule has 0 bridgehead atoms. The lowest BCUT2D eigenvalue weighted by molar-refractivity contribution is 0.0813. The molecule has 0 aliphatic heterocycles. The standard InChI is InChI=1S/C11H16FNOSi/c1-13(9-15(2,3)12)11(14)10-7-5-4-6-8-10/h4-8H,9H2,1-3H3. The maximum Gasteiger partial charge on any atom is 0.259 e. The summed E-state index contributed by atoms with van der Waals surface area (Å²) in [6.45, 7) is 3.20. The molecule has 1 amide bonds. The number of carbonyl (C=O) groups excluding carboxylic acids is 1. The van der Waals surface area contributed by atoms with E-state index in [2.05, 4.69) is 0 Å². The molecule has 2 nitrogen and oxygen atoms in total. The van der Waals surface area contributed by atoms with Crippen molar-refractivity contribution in [2.75, 3.05) is 13.2 Å². The second-order valence-electron chi connectivity index (χ2n) is 4.25. The maximum atomic E-state index is 13.5. The monoisotopic (exact) mass is 225 g/mol. The van der Waals surface area contributed by atoms with E-state index in [1.54, 1.807) is 44.4 Å². The summed E-state index contributed by atoms with van der Waals surface area (Å²) in [5, 5.41) is 0. The van der Waals surface area contributed by atoms with E-state index in [1.165, 1.54) is 4.90 Å². The first-order chi connectivity index (χ1) is 6.90. The fourth-order valence-corrected chi connectivity index (χ4v) is 2.71. The largest absolute Gasteiger partial charge is 0.342 e. The minimum absolute atomic E-state index is 0.117. The van der Waals surface area contributed by atoms with Gasteiger partial charge in [0, 0.05) is 18.8 Å². The number of halogens is 1. The summed E-state index contributed by atoms with van der Waals surface area (Å²) >= 11 is 0. The Labute approximate surface area is 90.9 Å². The van der Waals surface area contributed by atoms with Gasteiger partial charge in [-0.2, -0.15) is 0 Å². The van der Waals surface area contributed by atoms with Crippen LogP contribution in [0.15, 0.2) is 30.3 Å². The molecule has 0 saturated carbocycles. The first-order valence-electron chi connectivity index (χ1n) is 4.89. The molecule has 15 heavy (non-hydrogen) atoms. The number of amides is 1. The van der Waals surface area contributed by atoms with E-state index in [0.29, 0.717) is 5.56 Å². The molecule has 0 atom stereocenters. The van der Waals surface area contributed by atoms with Gasteiger partial charge < -0.3 is 9.01 Å². The molecule has 0 N–H and O–H groups in total. The Bertz CT molecular complexity index is 334. The van der Waals surface area contributed by atoms with E-state index >= 15 is 0 Å². The van der Waals surface area contributed by atoms with E-state index < -0.39 is 8.41 Å². The molecule has 0 fully saturated rings. The molecule has 0 aromatic heterocycles. The van der Waals surface area contributed by atoms with Crippen LogP contribution in [0.5, 0.6) is 0 Å². The highest BCUT2D eigenvalue weighted by atomic mass is 28.4. The van der Waals surface area contributed by atoms with Crippen LogP contribution in [0.2, 0.25) is 13.1 Å². The maximum absolute atomic E-state index is 13.5. The lowest BCUT2D eigenvalue weighted by Crippen LogP contribution is -2.40. The van der Waals surface area contributed by atoms with Crippen LogP contribution in [-0.2, 0) is 0 Å². The van der Waals surface area contributed by atoms with Crippen molar-refractivity contribution in [3.05, 3.63) is 35.9 Å². The van der Waals surface area contributed by atoms with Crippen LogP contribution in [-0.4, -0.2) is 32.4 Å². The molecular formula is C11H16FNOSi. The third-order valence-electron chi connectivity index (χ3n) is 1.98. The minimum atomic E-state index is -2.71. The summed E-state index contributed by atoms with van der Waals surface area (Å²) < 4.78 is 13.5. The van der Waals surface area contributed by atoms with Crippen molar-refractivity contribution in [2.45, 2.75) is 13.1 Å². The van der Waals surface area contributed by atoms with Crippen molar-refractivity contribution in [1.82, 2.24) is 4.90 Å². The van der Waals surface area contributed by atoms with Gasteiger partial charge in [0.1, 0.15) is 0 Å². The highest BCUT2D eigenvalue weighted by molar-refractivity contribution is 6.70. The van der Waals surface area contributed by atoms with Crippen LogP contribution in [0.3, 0.4) is 0 Å². The average molecular weight is 225 g/mol. The molecule has 4 heteroatoms. The number of benzene rings is 1. The summed E-state index contributed by atoms with van der Waals surface area (Å²) in [5.41, 5.74) is 0.609. The third kappa shape index (κ3) is 3.83. The Hall–Kier alpha value is -1.16. The predicted molar refractivity (Wildman–Crippen MR) is 62.0 cm³/mol. The molecule has 0 unspecified atom stereocenters. The molecule has 1 aromatic rings. The molecule has 0 heterocycles. The molecular weight excluding hydrogens is 209 g/mol. The van der Waals surface area contributed by atoms with Gasteiger partial charge in [-0.15, -0.1) is 0 Å². The number of hydrogen-bond acceptors (Lipinski definition) is 1. The van der Waals surface area contributed by atoms with Gasteiger partial charge in [-0.3, -0.25) is 4.79 Å². The number of carbonyl (C=O) groups is 1. The summed E-state index contributed by atoms with van der Waals surface area (Å²) in [6, 6.07) is 8.94. The van der Waals surface area contributed by atoms with Gasteiger partial charge in [0.2, 0.25) is 0 Å². The van der Waals surface area contributed by atoms with E-state index in [-0.39, 0.29) is 12.1 Å². The third-order valence-corrected chi connectivity index (χ3v) is 3.21. The Balaban J connectivity index is 2.70. The first-order valence-corrected chi connectivity index (χ1v) is 7.98. The van der Waals surface area contributed by atoms with Crippen molar-refractivity contribution in [2.24, 2.45) is 0 Å². The summed E-state index contributed by atoms with van der Waals surface area (Å²) in [5.74, 6) is -0.117. The number of nitrogens with zero attached hydrogens (tertiary/aromatic N) is 1.